The molecule has 0 radical (unpaired) electrons. The summed E-state index contributed by atoms with van der Waals surface area (Å²) in [7, 11) is -3.85. The fourth-order valence-corrected chi connectivity index (χ4v) is 3.58. The van der Waals surface area contributed by atoms with Crippen molar-refractivity contribution >= 4 is 21.6 Å². The van der Waals surface area contributed by atoms with E-state index < -0.39 is 15.8 Å². The van der Waals surface area contributed by atoms with E-state index in [-0.39, 0.29) is 16.0 Å². The third-order valence-corrected chi connectivity index (χ3v) is 4.84. The average Bonchev–Trinajstić information content (AvgIpc) is 2.56. The first-order valence-corrected chi connectivity index (χ1v) is 8.03. The van der Waals surface area contributed by atoms with Crippen molar-refractivity contribution in [3.63, 3.8) is 0 Å². The maximum absolute atomic E-state index is 13.7. The molecule has 1 atom stereocenters. The molecule has 106 valence electrons. The normalized spacial score (nSPS) is 21.1. The molecule has 1 unspecified atom stereocenters. The molecule has 4 nitrogen and oxygen atoms in total. The summed E-state index contributed by atoms with van der Waals surface area (Å²) < 4.78 is 40.4. The minimum Gasteiger partial charge on any atom is -0.315 e. The van der Waals surface area contributed by atoms with Gasteiger partial charge in [-0.3, -0.25) is 0 Å². The topological polar surface area (TPSA) is 58.2 Å². The van der Waals surface area contributed by atoms with Gasteiger partial charge in [-0.2, -0.15) is 0 Å². The Morgan fingerprint density at radius 3 is 2.89 bits per heavy atom. The Morgan fingerprint density at radius 2 is 2.16 bits per heavy atom. The van der Waals surface area contributed by atoms with Gasteiger partial charge in [-0.15, -0.1) is 0 Å². The van der Waals surface area contributed by atoms with Gasteiger partial charge in [0.1, 0.15) is 10.7 Å². The minimum atomic E-state index is -3.85. The van der Waals surface area contributed by atoms with Gasteiger partial charge in [-0.05, 0) is 37.6 Å². The molecule has 1 aliphatic heterocycles. The number of hydrogen-bond acceptors (Lipinski definition) is 3. The Hall–Kier alpha value is -0.690. The molecular weight excluding hydrogens is 291 g/mol. The van der Waals surface area contributed by atoms with Crippen molar-refractivity contribution in [1.29, 1.82) is 0 Å². The molecule has 7 heteroatoms. The van der Waals surface area contributed by atoms with E-state index in [0.717, 1.165) is 31.9 Å². The lowest BCUT2D eigenvalue weighted by molar-refractivity contribution is 0.513. The van der Waals surface area contributed by atoms with Crippen LogP contribution in [0.4, 0.5) is 4.39 Å². The van der Waals surface area contributed by atoms with Gasteiger partial charge < -0.3 is 5.32 Å². The highest BCUT2D eigenvalue weighted by molar-refractivity contribution is 7.89. The molecular formula is C12H16ClFN2O2S. The van der Waals surface area contributed by atoms with Crippen LogP contribution in [0.15, 0.2) is 23.1 Å². The largest absolute Gasteiger partial charge is 0.315 e. The number of rotatable bonds is 3. The average molecular weight is 307 g/mol. The van der Waals surface area contributed by atoms with Crippen molar-refractivity contribution in [3.05, 3.63) is 29.0 Å². The van der Waals surface area contributed by atoms with Gasteiger partial charge in [0.2, 0.25) is 10.0 Å². The van der Waals surface area contributed by atoms with Crippen LogP contribution >= 0.6 is 11.6 Å². The van der Waals surface area contributed by atoms with Crippen LogP contribution in [-0.4, -0.2) is 27.5 Å². The summed E-state index contributed by atoms with van der Waals surface area (Å²) in [6.45, 7) is 1.45. The second-order valence-corrected chi connectivity index (χ2v) is 6.71. The molecule has 0 aliphatic carbocycles. The summed E-state index contributed by atoms with van der Waals surface area (Å²) in [6, 6.07) is 3.35. The number of hydrogen-bond donors (Lipinski definition) is 2. The lowest BCUT2D eigenvalue weighted by atomic mass is 10.2. The quantitative estimate of drug-likeness (QED) is 0.897. The standard InChI is InChI=1S/C12H16ClFN2O2S/c13-9-4-5-12(11(14)7-9)19(17,18)16-10-3-1-2-6-15-8-10/h4-5,7,10,15-16H,1-3,6,8H2. The van der Waals surface area contributed by atoms with Crippen molar-refractivity contribution < 1.29 is 12.8 Å². The Kier molecular flexibility index (Phi) is 4.78. The van der Waals surface area contributed by atoms with Gasteiger partial charge in [0, 0.05) is 17.6 Å². The summed E-state index contributed by atoms with van der Waals surface area (Å²) in [4.78, 5) is -0.360. The van der Waals surface area contributed by atoms with Crippen molar-refractivity contribution in [2.75, 3.05) is 13.1 Å². The van der Waals surface area contributed by atoms with E-state index in [9.17, 15) is 12.8 Å². The molecule has 0 aromatic heterocycles. The smallest absolute Gasteiger partial charge is 0.243 e. The number of sulfonamides is 1. The minimum absolute atomic E-state index is 0.174. The molecule has 1 aliphatic rings. The van der Waals surface area contributed by atoms with E-state index in [1.807, 2.05) is 0 Å². The zero-order valence-electron chi connectivity index (χ0n) is 10.3. The molecule has 1 saturated heterocycles. The Balaban J connectivity index is 2.17. The molecule has 2 N–H and O–H groups in total. The summed E-state index contributed by atoms with van der Waals surface area (Å²) in [6.07, 6.45) is 2.72. The first kappa shape index (κ1) is 14.7. The van der Waals surface area contributed by atoms with Crippen LogP contribution in [0.25, 0.3) is 0 Å². The van der Waals surface area contributed by atoms with Crippen LogP contribution in [0.2, 0.25) is 5.02 Å². The highest BCUT2D eigenvalue weighted by atomic mass is 35.5. The van der Waals surface area contributed by atoms with Crippen LogP contribution in [0.5, 0.6) is 0 Å². The third-order valence-electron chi connectivity index (χ3n) is 3.05. The molecule has 0 bridgehead atoms. The van der Waals surface area contributed by atoms with Crippen LogP contribution in [0, 0.1) is 5.82 Å². The molecule has 1 aromatic rings. The van der Waals surface area contributed by atoms with Crippen LogP contribution < -0.4 is 10.0 Å². The van der Waals surface area contributed by atoms with E-state index in [1.165, 1.54) is 12.1 Å². The predicted octanol–water partition coefficient (Wildman–Crippen LogP) is 1.90. The van der Waals surface area contributed by atoms with Crippen LogP contribution in [-0.2, 0) is 10.0 Å². The zero-order valence-corrected chi connectivity index (χ0v) is 11.9. The molecule has 0 spiro atoms. The Bertz CT molecular complexity index is 543. The second-order valence-electron chi connectivity index (χ2n) is 4.59. The van der Waals surface area contributed by atoms with E-state index >= 15 is 0 Å². The maximum atomic E-state index is 13.7. The Labute approximate surface area is 117 Å². The van der Waals surface area contributed by atoms with Gasteiger partial charge in [-0.25, -0.2) is 17.5 Å². The van der Waals surface area contributed by atoms with E-state index in [1.54, 1.807) is 0 Å². The van der Waals surface area contributed by atoms with Crippen molar-refractivity contribution in [2.24, 2.45) is 0 Å². The maximum Gasteiger partial charge on any atom is 0.243 e. The monoisotopic (exact) mass is 306 g/mol. The van der Waals surface area contributed by atoms with Crippen LogP contribution in [0.1, 0.15) is 19.3 Å². The van der Waals surface area contributed by atoms with Crippen LogP contribution in [0.3, 0.4) is 0 Å². The molecule has 0 saturated carbocycles. The fourth-order valence-electron chi connectivity index (χ4n) is 2.10. The molecule has 19 heavy (non-hydrogen) atoms. The van der Waals surface area contributed by atoms with Crippen molar-refractivity contribution in [3.8, 4) is 0 Å². The number of benzene rings is 1. The SMILES string of the molecule is O=S(=O)(NC1CCCCNC1)c1ccc(Cl)cc1F. The molecule has 0 amide bonds. The third kappa shape index (κ3) is 3.89. The molecule has 2 rings (SSSR count). The van der Waals surface area contributed by atoms with Crippen molar-refractivity contribution in [1.82, 2.24) is 10.0 Å². The first-order valence-electron chi connectivity index (χ1n) is 6.17. The number of nitrogens with one attached hydrogen (secondary N) is 2. The van der Waals surface area contributed by atoms with Gasteiger partial charge in [-0.1, -0.05) is 18.0 Å². The second kappa shape index (κ2) is 6.17. The lowest BCUT2D eigenvalue weighted by Gasteiger charge is -2.16. The van der Waals surface area contributed by atoms with Crippen molar-refractivity contribution in [2.45, 2.75) is 30.2 Å². The molecule has 1 aromatic carbocycles. The zero-order chi connectivity index (χ0) is 13.9. The molecule has 1 fully saturated rings. The van der Waals surface area contributed by atoms with Gasteiger partial charge in [0.25, 0.3) is 0 Å². The summed E-state index contributed by atoms with van der Waals surface area (Å²) in [5.74, 6) is -0.832. The van der Waals surface area contributed by atoms with E-state index in [2.05, 4.69) is 10.0 Å². The summed E-state index contributed by atoms with van der Waals surface area (Å²) in [5, 5.41) is 3.33. The summed E-state index contributed by atoms with van der Waals surface area (Å²) >= 11 is 5.62. The van der Waals surface area contributed by atoms with Gasteiger partial charge >= 0.3 is 0 Å². The fraction of sp³-hybridized carbons (Fsp3) is 0.500. The first-order chi connectivity index (χ1) is 8.99. The van der Waals surface area contributed by atoms with Gasteiger partial charge in [0.05, 0.1) is 0 Å². The number of halogens is 2. The van der Waals surface area contributed by atoms with E-state index in [4.69, 9.17) is 11.6 Å². The lowest BCUT2D eigenvalue weighted by Crippen LogP contribution is -2.41. The molecule has 1 heterocycles. The van der Waals surface area contributed by atoms with Gasteiger partial charge in [0.15, 0.2) is 0 Å². The summed E-state index contributed by atoms with van der Waals surface area (Å²) in [5.41, 5.74) is 0. The Morgan fingerprint density at radius 1 is 1.37 bits per heavy atom. The van der Waals surface area contributed by atoms with E-state index in [0.29, 0.717) is 6.54 Å². The highest BCUT2D eigenvalue weighted by Gasteiger charge is 2.23. The predicted molar refractivity (Wildman–Crippen MR) is 72.2 cm³/mol. The highest BCUT2D eigenvalue weighted by Crippen LogP contribution is 2.19.